The number of carbonyl (C=O) groups is 1. The molecule has 1 unspecified atom stereocenters. The van der Waals surface area contributed by atoms with Gasteiger partial charge in [0.2, 0.25) is 0 Å². The van der Waals surface area contributed by atoms with E-state index < -0.39 is 17.7 Å². The molecule has 9 heteroatoms. The number of halogens is 2. The van der Waals surface area contributed by atoms with Gasteiger partial charge in [-0.2, -0.15) is 0 Å². The van der Waals surface area contributed by atoms with Crippen LogP contribution in [0.15, 0.2) is 45.6 Å². The first-order valence-corrected chi connectivity index (χ1v) is 11.4. The lowest BCUT2D eigenvalue weighted by Crippen LogP contribution is -2.41. The van der Waals surface area contributed by atoms with Crippen molar-refractivity contribution in [1.82, 2.24) is 4.90 Å². The quantitative estimate of drug-likeness (QED) is 0.540. The third kappa shape index (κ3) is 5.00. The van der Waals surface area contributed by atoms with E-state index in [0.717, 1.165) is 6.07 Å². The molecule has 0 saturated carbocycles. The Hall–Kier alpha value is -3.46. The number of carbonyl (C=O) groups excluding carboxylic acids is 1. The second-order valence-electron chi connectivity index (χ2n) is 9.13. The minimum atomic E-state index is -0.698. The van der Waals surface area contributed by atoms with E-state index in [0.29, 0.717) is 48.0 Å². The molecule has 2 heterocycles. The minimum Gasteiger partial charge on any atom is -0.440 e. The second kappa shape index (κ2) is 9.65. The van der Waals surface area contributed by atoms with Crippen LogP contribution < -0.4 is 15.2 Å². The standard InChI is InChI=1S/C26H29F2N3O4/c1-15-14-31(6-7-34-15)24-13-23(32)22-9-17(26(33)29(3)4)8-21(25(22)35-24)16(2)30(5)20-11-18(27)10-19(28)12-20/h8-13,15-16H,6-7,14H2,1-5H3/t15?,16-/m1/s1. The Morgan fingerprint density at radius 2 is 1.77 bits per heavy atom. The molecule has 0 N–H and O–H groups in total. The summed E-state index contributed by atoms with van der Waals surface area (Å²) in [5.74, 6) is -1.26. The molecule has 0 radical (unpaired) electrons. The van der Waals surface area contributed by atoms with Gasteiger partial charge in [0, 0.05) is 63.2 Å². The first-order valence-electron chi connectivity index (χ1n) is 11.4. The van der Waals surface area contributed by atoms with Gasteiger partial charge in [0.25, 0.3) is 5.91 Å². The smallest absolute Gasteiger partial charge is 0.253 e. The Labute approximate surface area is 202 Å². The molecule has 1 saturated heterocycles. The summed E-state index contributed by atoms with van der Waals surface area (Å²) < 4.78 is 39.7. The lowest BCUT2D eigenvalue weighted by atomic mass is 9.99. The topological polar surface area (TPSA) is 66.2 Å². The molecule has 0 bridgehead atoms. The number of benzene rings is 2. The lowest BCUT2D eigenvalue weighted by Gasteiger charge is -2.32. The van der Waals surface area contributed by atoms with Crippen LogP contribution in [0.4, 0.5) is 20.4 Å². The Bertz CT molecular complexity index is 1300. The molecule has 1 aliphatic heterocycles. The highest BCUT2D eigenvalue weighted by Crippen LogP contribution is 2.33. The average Bonchev–Trinajstić information content (AvgIpc) is 2.81. The Morgan fingerprint density at radius 3 is 2.40 bits per heavy atom. The SMILES string of the molecule is CC1CN(c2cc(=O)c3cc(C(=O)N(C)C)cc([C@@H](C)N(C)c4cc(F)cc(F)c4)c3o2)CCO1. The van der Waals surface area contributed by atoms with Crippen LogP contribution in [0.25, 0.3) is 11.0 Å². The molecule has 4 rings (SSSR count). The number of amides is 1. The van der Waals surface area contributed by atoms with Gasteiger partial charge < -0.3 is 23.9 Å². The highest BCUT2D eigenvalue weighted by atomic mass is 19.1. The van der Waals surface area contributed by atoms with Crippen LogP contribution in [-0.4, -0.2) is 57.8 Å². The fourth-order valence-corrected chi connectivity index (χ4v) is 4.31. The van der Waals surface area contributed by atoms with Crippen LogP contribution in [0, 0.1) is 11.6 Å². The van der Waals surface area contributed by atoms with Crippen molar-refractivity contribution in [3.8, 4) is 0 Å². The molecule has 186 valence electrons. The third-order valence-electron chi connectivity index (χ3n) is 6.34. The van der Waals surface area contributed by atoms with Gasteiger partial charge in [-0.3, -0.25) is 9.59 Å². The Balaban J connectivity index is 1.89. The first-order chi connectivity index (χ1) is 16.5. The molecule has 1 amide bonds. The number of anilines is 2. The number of hydrogen-bond acceptors (Lipinski definition) is 6. The molecule has 0 spiro atoms. The molecular formula is C26H29F2N3O4. The molecule has 2 atom stereocenters. The van der Waals surface area contributed by atoms with Crippen LogP contribution >= 0.6 is 0 Å². The minimum absolute atomic E-state index is 0.0164. The van der Waals surface area contributed by atoms with Crippen LogP contribution in [0.2, 0.25) is 0 Å². The molecule has 2 aromatic carbocycles. The van der Waals surface area contributed by atoms with Gasteiger partial charge in [0.15, 0.2) is 11.3 Å². The van der Waals surface area contributed by atoms with Crippen molar-refractivity contribution in [1.29, 1.82) is 0 Å². The summed E-state index contributed by atoms with van der Waals surface area (Å²) in [5.41, 5.74) is 1.25. The highest BCUT2D eigenvalue weighted by molar-refractivity contribution is 5.98. The van der Waals surface area contributed by atoms with Crippen LogP contribution in [0.3, 0.4) is 0 Å². The molecular weight excluding hydrogens is 456 g/mol. The molecule has 7 nitrogen and oxygen atoms in total. The Morgan fingerprint density at radius 1 is 1.09 bits per heavy atom. The molecule has 1 fully saturated rings. The van der Waals surface area contributed by atoms with Crippen LogP contribution in [0.5, 0.6) is 0 Å². The van der Waals surface area contributed by atoms with Crippen molar-refractivity contribution in [3.05, 3.63) is 69.4 Å². The molecule has 1 aromatic heterocycles. The monoisotopic (exact) mass is 485 g/mol. The zero-order valence-corrected chi connectivity index (χ0v) is 20.5. The van der Waals surface area contributed by atoms with Crippen molar-refractivity contribution in [2.75, 3.05) is 50.6 Å². The summed E-state index contributed by atoms with van der Waals surface area (Å²) in [6.07, 6.45) is -0.0164. The number of morpholine rings is 1. The van der Waals surface area contributed by atoms with Crippen molar-refractivity contribution >= 4 is 28.4 Å². The molecule has 0 aliphatic carbocycles. The predicted molar refractivity (Wildman–Crippen MR) is 131 cm³/mol. The molecule has 1 aliphatic rings. The summed E-state index contributed by atoms with van der Waals surface area (Å²) in [5, 5.41) is 0.267. The fourth-order valence-electron chi connectivity index (χ4n) is 4.31. The van der Waals surface area contributed by atoms with Gasteiger partial charge in [0.1, 0.15) is 17.2 Å². The number of fused-ring (bicyclic) bond motifs is 1. The predicted octanol–water partition coefficient (Wildman–Crippen LogP) is 4.20. The van der Waals surface area contributed by atoms with E-state index in [2.05, 4.69) is 0 Å². The van der Waals surface area contributed by atoms with Gasteiger partial charge >= 0.3 is 0 Å². The van der Waals surface area contributed by atoms with Gasteiger partial charge in [0.05, 0.1) is 24.1 Å². The zero-order valence-electron chi connectivity index (χ0n) is 20.5. The molecule has 35 heavy (non-hydrogen) atoms. The summed E-state index contributed by atoms with van der Waals surface area (Å²) in [6.45, 7) is 5.43. The number of rotatable bonds is 5. The first kappa shape index (κ1) is 24.7. The summed E-state index contributed by atoms with van der Waals surface area (Å²) in [6, 6.07) is 7.42. The normalized spacial score (nSPS) is 16.9. The van der Waals surface area contributed by atoms with E-state index in [1.54, 1.807) is 32.1 Å². The van der Waals surface area contributed by atoms with Crippen molar-refractivity contribution in [2.24, 2.45) is 0 Å². The second-order valence-corrected chi connectivity index (χ2v) is 9.13. The fraction of sp³-hybridized carbons (Fsp3) is 0.385. The van der Waals surface area contributed by atoms with Crippen molar-refractivity contribution < 1.29 is 22.7 Å². The number of nitrogens with zero attached hydrogens (tertiary/aromatic N) is 3. The van der Waals surface area contributed by atoms with E-state index >= 15 is 0 Å². The number of hydrogen-bond donors (Lipinski definition) is 0. The van der Waals surface area contributed by atoms with E-state index in [1.165, 1.54) is 29.2 Å². The van der Waals surface area contributed by atoms with Crippen LogP contribution in [0.1, 0.15) is 35.8 Å². The van der Waals surface area contributed by atoms with E-state index in [1.807, 2.05) is 18.7 Å². The van der Waals surface area contributed by atoms with Gasteiger partial charge in [-0.05, 0) is 38.1 Å². The maximum atomic E-state index is 13.9. The van der Waals surface area contributed by atoms with Crippen molar-refractivity contribution in [3.63, 3.8) is 0 Å². The average molecular weight is 486 g/mol. The van der Waals surface area contributed by atoms with Gasteiger partial charge in [-0.1, -0.05) is 0 Å². The number of ether oxygens (including phenoxy) is 1. The van der Waals surface area contributed by atoms with Gasteiger partial charge in [-0.25, -0.2) is 8.78 Å². The summed E-state index contributed by atoms with van der Waals surface area (Å²) in [4.78, 5) is 31.1. The van der Waals surface area contributed by atoms with E-state index in [4.69, 9.17) is 9.15 Å². The third-order valence-corrected chi connectivity index (χ3v) is 6.34. The molecule has 3 aromatic rings. The largest absolute Gasteiger partial charge is 0.440 e. The maximum Gasteiger partial charge on any atom is 0.253 e. The maximum absolute atomic E-state index is 13.9. The van der Waals surface area contributed by atoms with Gasteiger partial charge in [-0.15, -0.1) is 0 Å². The van der Waals surface area contributed by atoms with E-state index in [-0.39, 0.29) is 22.8 Å². The lowest BCUT2D eigenvalue weighted by molar-refractivity contribution is 0.0517. The Kier molecular flexibility index (Phi) is 6.80. The summed E-state index contributed by atoms with van der Waals surface area (Å²) >= 11 is 0. The van der Waals surface area contributed by atoms with Crippen molar-refractivity contribution in [2.45, 2.75) is 26.0 Å². The van der Waals surface area contributed by atoms with E-state index in [9.17, 15) is 18.4 Å². The highest BCUT2D eigenvalue weighted by Gasteiger charge is 2.25. The zero-order chi connectivity index (χ0) is 25.4. The summed E-state index contributed by atoms with van der Waals surface area (Å²) in [7, 11) is 4.95. The van der Waals surface area contributed by atoms with Crippen LogP contribution in [-0.2, 0) is 4.74 Å².